The molecule has 1 aromatic rings. The van der Waals surface area contributed by atoms with Crippen LogP contribution in [0.15, 0.2) is 6.07 Å². The zero-order valence-electron chi connectivity index (χ0n) is 13.9. The first-order chi connectivity index (χ1) is 11.2. The number of hydrogen-bond acceptors (Lipinski definition) is 6. The zero-order valence-corrected chi connectivity index (χ0v) is 13.9. The number of nitrogens with one attached hydrogen (secondary N) is 1. The van der Waals surface area contributed by atoms with E-state index in [-0.39, 0.29) is 11.8 Å². The van der Waals surface area contributed by atoms with Crippen molar-refractivity contribution in [3.05, 3.63) is 11.8 Å². The van der Waals surface area contributed by atoms with E-state index in [1.807, 2.05) is 24.8 Å². The molecule has 2 saturated heterocycles. The highest BCUT2D eigenvalue weighted by molar-refractivity contribution is 5.79. The van der Waals surface area contributed by atoms with Crippen LogP contribution in [-0.2, 0) is 9.53 Å². The van der Waals surface area contributed by atoms with Crippen LogP contribution in [0.25, 0.3) is 0 Å². The number of amides is 1. The number of piperazine rings is 1. The lowest BCUT2D eigenvalue weighted by Crippen LogP contribution is -2.51. The lowest BCUT2D eigenvalue weighted by molar-refractivity contribution is -0.135. The van der Waals surface area contributed by atoms with Gasteiger partial charge in [-0.2, -0.15) is 4.98 Å². The Balaban J connectivity index is 1.61. The number of aryl methyl sites for hydroxylation is 1. The predicted molar refractivity (Wildman–Crippen MR) is 88.7 cm³/mol. The number of carbonyl (C=O) groups is 1. The number of carbonyl (C=O) groups excluding carboxylic acids is 1. The summed E-state index contributed by atoms with van der Waals surface area (Å²) >= 11 is 0. The average molecular weight is 319 g/mol. The van der Waals surface area contributed by atoms with Gasteiger partial charge in [0.05, 0.1) is 12.5 Å². The molecular weight excluding hydrogens is 294 g/mol. The molecule has 1 aromatic heterocycles. The summed E-state index contributed by atoms with van der Waals surface area (Å²) in [6.07, 6.45) is 0.853. The van der Waals surface area contributed by atoms with Crippen molar-refractivity contribution in [3.63, 3.8) is 0 Å². The smallest absolute Gasteiger partial charge is 0.228 e. The topological polar surface area (TPSA) is 70.6 Å². The van der Waals surface area contributed by atoms with Gasteiger partial charge in [-0.15, -0.1) is 0 Å². The molecule has 7 nitrogen and oxygen atoms in total. The van der Waals surface area contributed by atoms with E-state index in [1.54, 1.807) is 0 Å². The molecule has 23 heavy (non-hydrogen) atoms. The second kappa shape index (κ2) is 7.12. The molecule has 0 bridgehead atoms. The van der Waals surface area contributed by atoms with E-state index in [0.29, 0.717) is 13.2 Å². The second-order valence-corrected chi connectivity index (χ2v) is 6.10. The summed E-state index contributed by atoms with van der Waals surface area (Å²) in [5, 5.41) is 3.24. The van der Waals surface area contributed by atoms with Gasteiger partial charge in [0.1, 0.15) is 5.82 Å². The molecule has 0 aromatic carbocycles. The summed E-state index contributed by atoms with van der Waals surface area (Å²) in [5.41, 5.74) is 0.951. The molecule has 126 valence electrons. The van der Waals surface area contributed by atoms with Crippen LogP contribution in [-0.4, -0.2) is 66.7 Å². The molecule has 1 unspecified atom stereocenters. The first-order valence-electron chi connectivity index (χ1n) is 8.38. The van der Waals surface area contributed by atoms with Crippen molar-refractivity contribution in [2.75, 3.05) is 56.2 Å². The highest BCUT2D eigenvalue weighted by Gasteiger charge is 2.30. The van der Waals surface area contributed by atoms with Crippen LogP contribution in [0.3, 0.4) is 0 Å². The second-order valence-electron chi connectivity index (χ2n) is 6.10. The maximum absolute atomic E-state index is 12.4. The normalized spacial score (nSPS) is 21.6. The molecule has 0 saturated carbocycles. The van der Waals surface area contributed by atoms with E-state index < -0.39 is 0 Å². The van der Waals surface area contributed by atoms with Gasteiger partial charge in [-0.25, -0.2) is 4.98 Å². The molecule has 3 rings (SSSR count). The van der Waals surface area contributed by atoms with Crippen LogP contribution < -0.4 is 10.2 Å². The Hall–Kier alpha value is -1.89. The molecule has 1 amide bonds. The Labute approximate surface area is 137 Å². The van der Waals surface area contributed by atoms with Crippen molar-refractivity contribution in [2.45, 2.75) is 20.3 Å². The van der Waals surface area contributed by atoms with Crippen molar-refractivity contribution in [3.8, 4) is 0 Å². The largest absolute Gasteiger partial charge is 0.381 e. The highest BCUT2D eigenvalue weighted by atomic mass is 16.5. The molecule has 0 spiro atoms. The number of aromatic nitrogens is 2. The van der Waals surface area contributed by atoms with E-state index >= 15 is 0 Å². The zero-order chi connectivity index (χ0) is 16.2. The molecule has 1 atom stereocenters. The van der Waals surface area contributed by atoms with E-state index in [4.69, 9.17) is 4.74 Å². The number of hydrogen-bond donors (Lipinski definition) is 1. The molecule has 1 N–H and O–H groups in total. The van der Waals surface area contributed by atoms with Crippen molar-refractivity contribution >= 4 is 17.7 Å². The van der Waals surface area contributed by atoms with Gasteiger partial charge < -0.3 is 19.9 Å². The van der Waals surface area contributed by atoms with Crippen molar-refractivity contribution < 1.29 is 9.53 Å². The maximum atomic E-state index is 12.4. The Morgan fingerprint density at radius 2 is 2.13 bits per heavy atom. The summed E-state index contributed by atoms with van der Waals surface area (Å²) < 4.78 is 5.32. The number of nitrogens with zero attached hydrogens (tertiary/aromatic N) is 4. The fourth-order valence-corrected chi connectivity index (χ4v) is 3.08. The van der Waals surface area contributed by atoms with Crippen LogP contribution >= 0.6 is 0 Å². The molecule has 2 aliphatic rings. The third kappa shape index (κ3) is 3.72. The van der Waals surface area contributed by atoms with Crippen molar-refractivity contribution in [1.82, 2.24) is 14.9 Å². The predicted octanol–water partition coefficient (Wildman–Crippen LogP) is 0.902. The fourth-order valence-electron chi connectivity index (χ4n) is 3.08. The third-order valence-corrected chi connectivity index (χ3v) is 4.35. The fraction of sp³-hybridized carbons (Fsp3) is 0.688. The van der Waals surface area contributed by atoms with Gasteiger partial charge in [0.2, 0.25) is 11.9 Å². The lowest BCUT2D eigenvalue weighted by Gasteiger charge is -2.36. The summed E-state index contributed by atoms with van der Waals surface area (Å²) in [6, 6.07) is 1.95. The minimum atomic E-state index is 0.0529. The minimum absolute atomic E-state index is 0.0529. The standard InChI is InChI=1S/C16H25N5O2/c1-3-17-14-10-12(2)18-16(19-14)21-7-5-20(6-8-21)15(22)13-4-9-23-11-13/h10,13H,3-9,11H2,1-2H3,(H,17,18,19). The number of rotatable bonds is 4. The van der Waals surface area contributed by atoms with Gasteiger partial charge in [0.25, 0.3) is 0 Å². The van der Waals surface area contributed by atoms with Gasteiger partial charge >= 0.3 is 0 Å². The van der Waals surface area contributed by atoms with Crippen LogP contribution in [0, 0.1) is 12.8 Å². The first-order valence-corrected chi connectivity index (χ1v) is 8.38. The molecule has 7 heteroatoms. The summed E-state index contributed by atoms with van der Waals surface area (Å²) in [5.74, 6) is 1.90. The van der Waals surface area contributed by atoms with E-state index in [9.17, 15) is 4.79 Å². The van der Waals surface area contributed by atoms with Gasteiger partial charge in [-0.1, -0.05) is 0 Å². The van der Waals surface area contributed by atoms with E-state index in [1.165, 1.54) is 0 Å². The molecule has 2 aliphatic heterocycles. The van der Waals surface area contributed by atoms with Gasteiger partial charge in [0, 0.05) is 51.1 Å². The monoisotopic (exact) mass is 319 g/mol. The van der Waals surface area contributed by atoms with Crippen LogP contribution in [0.1, 0.15) is 19.0 Å². The lowest BCUT2D eigenvalue weighted by atomic mass is 10.1. The molecular formula is C16H25N5O2. The van der Waals surface area contributed by atoms with Crippen LogP contribution in [0.5, 0.6) is 0 Å². The van der Waals surface area contributed by atoms with Gasteiger partial charge in [-0.05, 0) is 20.3 Å². The first kappa shape index (κ1) is 16.0. The summed E-state index contributed by atoms with van der Waals surface area (Å²) in [7, 11) is 0. The molecule has 0 aliphatic carbocycles. The molecule has 0 radical (unpaired) electrons. The van der Waals surface area contributed by atoms with Crippen molar-refractivity contribution in [2.24, 2.45) is 5.92 Å². The third-order valence-electron chi connectivity index (χ3n) is 4.35. The Bertz CT molecular complexity index is 551. The SMILES string of the molecule is CCNc1cc(C)nc(N2CCN(C(=O)C3CCOC3)CC2)n1. The maximum Gasteiger partial charge on any atom is 0.228 e. The molecule has 2 fully saturated rings. The Kier molecular flexibility index (Phi) is 4.95. The van der Waals surface area contributed by atoms with Crippen molar-refractivity contribution in [1.29, 1.82) is 0 Å². The minimum Gasteiger partial charge on any atom is -0.381 e. The summed E-state index contributed by atoms with van der Waals surface area (Å²) in [6.45, 7) is 9.14. The Morgan fingerprint density at radius 1 is 1.35 bits per heavy atom. The van der Waals surface area contributed by atoms with Gasteiger partial charge in [0.15, 0.2) is 0 Å². The van der Waals surface area contributed by atoms with Crippen LogP contribution in [0.4, 0.5) is 11.8 Å². The quantitative estimate of drug-likeness (QED) is 0.889. The number of ether oxygens (including phenoxy) is 1. The summed E-state index contributed by atoms with van der Waals surface area (Å²) in [4.78, 5) is 25.6. The number of anilines is 2. The average Bonchev–Trinajstić information content (AvgIpc) is 3.08. The Morgan fingerprint density at radius 3 is 2.78 bits per heavy atom. The van der Waals surface area contributed by atoms with E-state index in [0.717, 1.165) is 56.6 Å². The van der Waals surface area contributed by atoms with Gasteiger partial charge in [-0.3, -0.25) is 4.79 Å². The highest BCUT2D eigenvalue weighted by Crippen LogP contribution is 2.19. The molecule has 3 heterocycles. The van der Waals surface area contributed by atoms with E-state index in [2.05, 4.69) is 20.2 Å². The van der Waals surface area contributed by atoms with Crippen LogP contribution in [0.2, 0.25) is 0 Å².